The molecule has 2 fully saturated rings. The zero-order valence-electron chi connectivity index (χ0n) is 16.1. The van der Waals surface area contributed by atoms with Gasteiger partial charge in [-0.15, -0.1) is 0 Å². The molecule has 150 valence electrons. The summed E-state index contributed by atoms with van der Waals surface area (Å²) in [6, 6.07) is 11.3. The maximum Gasteiger partial charge on any atom is 0.251 e. The molecular formula is C22H22Cl2N4O. The third kappa shape index (κ3) is 3.47. The molecule has 2 aliphatic rings. The van der Waals surface area contributed by atoms with Crippen molar-refractivity contribution in [2.75, 3.05) is 5.32 Å². The molecule has 0 radical (unpaired) electrons. The summed E-state index contributed by atoms with van der Waals surface area (Å²) < 4.78 is 1.92. The molecule has 2 aliphatic carbocycles. The summed E-state index contributed by atoms with van der Waals surface area (Å²) in [5.74, 6) is 0.586. The van der Waals surface area contributed by atoms with Crippen LogP contribution in [0.25, 0.3) is 11.0 Å². The molecule has 1 aromatic heterocycles. The van der Waals surface area contributed by atoms with Crippen molar-refractivity contribution < 1.29 is 4.79 Å². The average molecular weight is 429 g/mol. The highest BCUT2D eigenvalue weighted by molar-refractivity contribution is 6.39. The summed E-state index contributed by atoms with van der Waals surface area (Å²) >= 11 is 12.5. The second-order valence-corrected chi connectivity index (χ2v) is 9.15. The molecule has 7 heteroatoms. The van der Waals surface area contributed by atoms with Gasteiger partial charge >= 0.3 is 0 Å². The molecule has 2 N–H and O–H groups in total. The summed E-state index contributed by atoms with van der Waals surface area (Å²) in [5.41, 5.74) is 3.46. The predicted molar refractivity (Wildman–Crippen MR) is 117 cm³/mol. The van der Waals surface area contributed by atoms with Crippen LogP contribution in [-0.4, -0.2) is 21.5 Å². The monoisotopic (exact) mass is 428 g/mol. The first kappa shape index (κ1) is 18.8. The van der Waals surface area contributed by atoms with Gasteiger partial charge < -0.3 is 15.2 Å². The van der Waals surface area contributed by atoms with Gasteiger partial charge in [-0.05, 0) is 67.9 Å². The first-order valence-electron chi connectivity index (χ1n) is 9.93. The Morgan fingerprint density at radius 2 is 1.93 bits per heavy atom. The van der Waals surface area contributed by atoms with E-state index in [0.29, 0.717) is 38.7 Å². The molecular weight excluding hydrogens is 407 g/mol. The van der Waals surface area contributed by atoms with Gasteiger partial charge in [0.15, 0.2) is 0 Å². The largest absolute Gasteiger partial charge is 0.349 e. The standard InChI is InChI=1S/C22H22Cl2N4O/c1-28-18-6-5-13(20(29)25-14-7-8-22(12-14)9-10-22)11-17(18)26-21(28)27-19-15(23)3-2-4-16(19)24/h2-6,11,14H,7-10,12H2,1H3,(H,25,29)(H,26,27). The average Bonchev–Trinajstić information content (AvgIpc) is 3.23. The van der Waals surface area contributed by atoms with Crippen molar-refractivity contribution in [2.45, 2.75) is 38.1 Å². The van der Waals surface area contributed by atoms with E-state index in [-0.39, 0.29) is 5.91 Å². The van der Waals surface area contributed by atoms with Crippen molar-refractivity contribution >= 4 is 51.8 Å². The lowest BCUT2D eigenvalue weighted by Gasteiger charge is -2.13. The van der Waals surface area contributed by atoms with Crippen LogP contribution in [0.15, 0.2) is 36.4 Å². The van der Waals surface area contributed by atoms with Crippen molar-refractivity contribution in [1.82, 2.24) is 14.9 Å². The van der Waals surface area contributed by atoms with E-state index in [1.165, 1.54) is 19.3 Å². The van der Waals surface area contributed by atoms with E-state index in [0.717, 1.165) is 23.9 Å². The first-order chi connectivity index (χ1) is 13.9. The Morgan fingerprint density at radius 1 is 1.17 bits per heavy atom. The molecule has 2 aromatic carbocycles. The zero-order valence-corrected chi connectivity index (χ0v) is 17.6. The van der Waals surface area contributed by atoms with Gasteiger partial charge in [-0.3, -0.25) is 4.79 Å². The highest BCUT2D eigenvalue weighted by Gasteiger charge is 2.48. The summed E-state index contributed by atoms with van der Waals surface area (Å²) in [5, 5.41) is 7.46. The van der Waals surface area contributed by atoms with Crippen molar-refractivity contribution in [3.8, 4) is 0 Å². The van der Waals surface area contributed by atoms with Gasteiger partial charge in [0.05, 0.1) is 26.8 Å². The molecule has 1 amide bonds. The molecule has 3 aromatic rings. The zero-order chi connectivity index (χ0) is 20.2. The van der Waals surface area contributed by atoms with E-state index in [1.54, 1.807) is 18.2 Å². The number of rotatable bonds is 4. The van der Waals surface area contributed by atoms with E-state index in [9.17, 15) is 4.79 Å². The van der Waals surface area contributed by atoms with E-state index >= 15 is 0 Å². The van der Waals surface area contributed by atoms with Crippen molar-refractivity contribution in [3.05, 3.63) is 52.0 Å². The fourth-order valence-electron chi connectivity index (χ4n) is 4.41. The van der Waals surface area contributed by atoms with Crippen LogP contribution in [0.1, 0.15) is 42.5 Å². The smallest absolute Gasteiger partial charge is 0.251 e. The first-order valence-corrected chi connectivity index (χ1v) is 10.7. The second-order valence-electron chi connectivity index (χ2n) is 8.33. The van der Waals surface area contributed by atoms with Crippen LogP contribution >= 0.6 is 23.2 Å². The van der Waals surface area contributed by atoms with Crippen LogP contribution in [0.2, 0.25) is 10.0 Å². The minimum Gasteiger partial charge on any atom is -0.349 e. The van der Waals surface area contributed by atoms with Crippen LogP contribution in [0.3, 0.4) is 0 Å². The summed E-state index contributed by atoms with van der Waals surface area (Å²) in [6.07, 6.45) is 6.10. The Morgan fingerprint density at radius 3 is 2.62 bits per heavy atom. The lowest BCUT2D eigenvalue weighted by atomic mass is 10.1. The number of anilines is 2. The van der Waals surface area contributed by atoms with Crippen LogP contribution in [0, 0.1) is 5.41 Å². The highest BCUT2D eigenvalue weighted by Crippen LogP contribution is 2.57. The Kier molecular flexibility index (Phi) is 4.48. The van der Waals surface area contributed by atoms with Crippen LogP contribution < -0.4 is 10.6 Å². The number of carbonyl (C=O) groups is 1. The molecule has 1 heterocycles. The number of hydrogen-bond acceptors (Lipinski definition) is 3. The topological polar surface area (TPSA) is 59.0 Å². The van der Waals surface area contributed by atoms with Crippen LogP contribution in [0.4, 0.5) is 11.6 Å². The van der Waals surface area contributed by atoms with Crippen molar-refractivity contribution in [3.63, 3.8) is 0 Å². The maximum absolute atomic E-state index is 12.8. The number of amides is 1. The molecule has 29 heavy (non-hydrogen) atoms. The molecule has 5 nitrogen and oxygen atoms in total. The van der Waals surface area contributed by atoms with E-state index in [1.807, 2.05) is 29.8 Å². The number of nitrogens with zero attached hydrogens (tertiary/aromatic N) is 2. The maximum atomic E-state index is 12.8. The third-order valence-electron chi connectivity index (χ3n) is 6.34. The van der Waals surface area contributed by atoms with Gasteiger partial charge in [-0.2, -0.15) is 0 Å². The van der Waals surface area contributed by atoms with Gasteiger partial charge in [0.25, 0.3) is 5.91 Å². The van der Waals surface area contributed by atoms with E-state index < -0.39 is 0 Å². The Hall–Kier alpha value is -2.24. The number of imidazole rings is 1. The number of benzene rings is 2. The van der Waals surface area contributed by atoms with Gasteiger partial charge in [0.1, 0.15) is 0 Å². The number of aryl methyl sites for hydroxylation is 1. The van der Waals surface area contributed by atoms with Crippen LogP contribution in [-0.2, 0) is 7.05 Å². The lowest BCUT2D eigenvalue weighted by molar-refractivity contribution is 0.0937. The summed E-state index contributed by atoms with van der Waals surface area (Å²) in [7, 11) is 1.91. The minimum atomic E-state index is -0.0242. The van der Waals surface area contributed by atoms with Crippen LogP contribution in [0.5, 0.6) is 0 Å². The molecule has 0 saturated heterocycles. The molecule has 5 rings (SSSR count). The SMILES string of the molecule is Cn1c(Nc2c(Cl)cccc2Cl)nc2cc(C(=O)NC3CCC4(CC4)C3)ccc21. The molecule has 1 unspecified atom stereocenters. The number of hydrogen-bond donors (Lipinski definition) is 2. The molecule has 1 atom stereocenters. The summed E-state index contributed by atoms with van der Waals surface area (Å²) in [6.45, 7) is 0. The fourth-order valence-corrected chi connectivity index (χ4v) is 4.90. The van der Waals surface area contributed by atoms with Gasteiger partial charge in [0, 0.05) is 18.7 Å². The van der Waals surface area contributed by atoms with E-state index in [4.69, 9.17) is 23.2 Å². The Labute approximate surface area is 179 Å². The minimum absolute atomic E-state index is 0.0242. The number of halogens is 2. The van der Waals surface area contributed by atoms with Gasteiger partial charge in [0.2, 0.25) is 5.95 Å². The van der Waals surface area contributed by atoms with Gasteiger partial charge in [-0.1, -0.05) is 29.3 Å². The number of fused-ring (bicyclic) bond motifs is 1. The molecule has 2 saturated carbocycles. The molecule has 0 bridgehead atoms. The normalized spacial score (nSPS) is 19.6. The fraction of sp³-hybridized carbons (Fsp3) is 0.364. The quantitative estimate of drug-likeness (QED) is 0.561. The second kappa shape index (κ2) is 6.92. The predicted octanol–water partition coefficient (Wildman–Crippen LogP) is 5.69. The third-order valence-corrected chi connectivity index (χ3v) is 6.97. The number of nitrogens with one attached hydrogen (secondary N) is 2. The number of carbonyl (C=O) groups excluding carboxylic acids is 1. The highest BCUT2D eigenvalue weighted by atomic mass is 35.5. The van der Waals surface area contributed by atoms with Crippen molar-refractivity contribution in [2.24, 2.45) is 12.5 Å². The Balaban J connectivity index is 1.38. The van der Waals surface area contributed by atoms with Crippen molar-refractivity contribution in [1.29, 1.82) is 0 Å². The molecule has 1 spiro atoms. The molecule has 0 aliphatic heterocycles. The number of aromatic nitrogens is 2. The number of para-hydroxylation sites is 1. The lowest BCUT2D eigenvalue weighted by Crippen LogP contribution is -2.33. The van der Waals surface area contributed by atoms with E-state index in [2.05, 4.69) is 15.6 Å². The van der Waals surface area contributed by atoms with Gasteiger partial charge in [-0.25, -0.2) is 4.98 Å². The Bertz CT molecular complexity index is 1100. The summed E-state index contributed by atoms with van der Waals surface area (Å²) in [4.78, 5) is 17.4.